The minimum Gasteiger partial charge on any atom is -0.378 e. The highest BCUT2D eigenvalue weighted by atomic mass is 16.5. The smallest absolute Gasteiger partial charge is 0.222 e. The molecule has 1 saturated heterocycles. The molecule has 0 aromatic carbocycles. The minimum atomic E-state index is 0.0976. The molecule has 106 valence electrons. The van der Waals surface area contributed by atoms with Crippen LogP contribution in [0.15, 0.2) is 0 Å². The molecule has 2 N–H and O–H groups in total. The highest BCUT2D eigenvalue weighted by Crippen LogP contribution is 2.07. The average molecular weight is 256 g/mol. The molecule has 1 aliphatic heterocycles. The lowest BCUT2D eigenvalue weighted by Gasteiger charge is -2.15. The Bertz CT molecular complexity index is 238. The van der Waals surface area contributed by atoms with Gasteiger partial charge in [0.2, 0.25) is 5.91 Å². The number of carbonyl (C=O) groups is 1. The van der Waals surface area contributed by atoms with Crippen molar-refractivity contribution in [2.45, 2.75) is 58.6 Å². The van der Waals surface area contributed by atoms with Crippen LogP contribution >= 0.6 is 0 Å². The Hall–Kier alpha value is -0.610. The van der Waals surface area contributed by atoms with E-state index < -0.39 is 0 Å². The van der Waals surface area contributed by atoms with Crippen molar-refractivity contribution in [1.29, 1.82) is 0 Å². The van der Waals surface area contributed by atoms with E-state index in [9.17, 15) is 4.79 Å². The van der Waals surface area contributed by atoms with Crippen molar-refractivity contribution < 1.29 is 9.53 Å². The van der Waals surface area contributed by atoms with Crippen LogP contribution in [0.2, 0.25) is 0 Å². The topological polar surface area (TPSA) is 50.4 Å². The Morgan fingerprint density at radius 2 is 2.22 bits per heavy atom. The molecule has 1 rings (SSSR count). The first-order chi connectivity index (χ1) is 8.58. The van der Waals surface area contributed by atoms with Gasteiger partial charge in [0.1, 0.15) is 0 Å². The summed E-state index contributed by atoms with van der Waals surface area (Å²) in [5.41, 5.74) is 0. The van der Waals surface area contributed by atoms with Crippen LogP contribution in [0, 0.1) is 5.92 Å². The summed E-state index contributed by atoms with van der Waals surface area (Å²) in [7, 11) is 0. The average Bonchev–Trinajstić information content (AvgIpc) is 2.78. The van der Waals surface area contributed by atoms with Crippen molar-refractivity contribution in [2.75, 3.05) is 19.7 Å². The third-order valence-corrected chi connectivity index (χ3v) is 3.24. The lowest BCUT2D eigenvalue weighted by molar-refractivity contribution is -0.122. The van der Waals surface area contributed by atoms with E-state index in [1.807, 2.05) is 0 Å². The summed E-state index contributed by atoms with van der Waals surface area (Å²) in [5.74, 6) is 0.739. The van der Waals surface area contributed by atoms with E-state index in [0.29, 0.717) is 25.0 Å². The molecule has 18 heavy (non-hydrogen) atoms. The fraction of sp³-hybridized carbons (Fsp3) is 0.929. The van der Waals surface area contributed by atoms with Crippen LogP contribution in [0.4, 0.5) is 0 Å². The van der Waals surface area contributed by atoms with E-state index in [-0.39, 0.29) is 12.0 Å². The quantitative estimate of drug-likeness (QED) is 0.695. The SMILES string of the molecule is CC(C)CC(C)OCCC(=O)NCC1CCCN1. The maximum Gasteiger partial charge on any atom is 0.222 e. The number of ether oxygens (including phenoxy) is 1. The van der Waals surface area contributed by atoms with E-state index in [0.717, 1.165) is 19.5 Å². The van der Waals surface area contributed by atoms with Gasteiger partial charge in [-0.05, 0) is 38.6 Å². The molecule has 1 aliphatic rings. The first-order valence-electron chi connectivity index (χ1n) is 7.19. The fourth-order valence-corrected chi connectivity index (χ4v) is 2.34. The summed E-state index contributed by atoms with van der Waals surface area (Å²) in [4.78, 5) is 11.6. The number of carbonyl (C=O) groups excluding carboxylic acids is 1. The molecule has 1 heterocycles. The maximum absolute atomic E-state index is 11.6. The Balaban J connectivity index is 1.99. The van der Waals surface area contributed by atoms with Gasteiger partial charge in [0, 0.05) is 19.0 Å². The standard InChI is InChI=1S/C14H28N2O2/c1-11(2)9-12(3)18-8-6-14(17)16-10-13-5-4-7-15-13/h11-13,15H,4-10H2,1-3H3,(H,16,17). The van der Waals surface area contributed by atoms with Crippen molar-refractivity contribution in [3.8, 4) is 0 Å². The molecule has 0 bridgehead atoms. The molecule has 0 radical (unpaired) electrons. The summed E-state index contributed by atoms with van der Waals surface area (Å²) in [6.07, 6.45) is 4.15. The second-order valence-corrected chi connectivity index (χ2v) is 5.66. The summed E-state index contributed by atoms with van der Waals surface area (Å²) >= 11 is 0. The monoisotopic (exact) mass is 256 g/mol. The zero-order chi connectivity index (χ0) is 13.4. The van der Waals surface area contributed by atoms with Gasteiger partial charge >= 0.3 is 0 Å². The molecule has 0 aliphatic carbocycles. The van der Waals surface area contributed by atoms with Gasteiger partial charge in [-0.1, -0.05) is 13.8 Å². The van der Waals surface area contributed by atoms with Gasteiger partial charge in [0.25, 0.3) is 0 Å². The van der Waals surface area contributed by atoms with E-state index >= 15 is 0 Å². The van der Waals surface area contributed by atoms with E-state index in [4.69, 9.17) is 4.74 Å². The molecule has 0 saturated carbocycles. The van der Waals surface area contributed by atoms with Crippen LogP contribution in [-0.2, 0) is 9.53 Å². The molecule has 4 heteroatoms. The Morgan fingerprint density at radius 3 is 2.83 bits per heavy atom. The van der Waals surface area contributed by atoms with E-state index in [2.05, 4.69) is 31.4 Å². The predicted octanol–water partition coefficient (Wildman–Crippen LogP) is 1.70. The molecule has 1 amide bonds. The van der Waals surface area contributed by atoms with Crippen molar-refractivity contribution in [3.63, 3.8) is 0 Å². The second kappa shape index (κ2) is 8.48. The van der Waals surface area contributed by atoms with Crippen molar-refractivity contribution in [1.82, 2.24) is 10.6 Å². The number of nitrogens with one attached hydrogen (secondary N) is 2. The molecular formula is C14H28N2O2. The van der Waals surface area contributed by atoms with Gasteiger partial charge in [-0.2, -0.15) is 0 Å². The Labute approximate surface area is 111 Å². The first-order valence-corrected chi connectivity index (χ1v) is 7.19. The van der Waals surface area contributed by atoms with Crippen LogP contribution in [0.1, 0.15) is 46.5 Å². The van der Waals surface area contributed by atoms with Crippen LogP contribution < -0.4 is 10.6 Å². The van der Waals surface area contributed by atoms with Crippen molar-refractivity contribution in [2.24, 2.45) is 5.92 Å². The van der Waals surface area contributed by atoms with Gasteiger partial charge < -0.3 is 15.4 Å². The summed E-state index contributed by atoms with van der Waals surface area (Å²) < 4.78 is 5.62. The van der Waals surface area contributed by atoms with Gasteiger partial charge in [-0.25, -0.2) is 0 Å². The number of hydrogen-bond donors (Lipinski definition) is 2. The molecular weight excluding hydrogens is 228 g/mol. The van der Waals surface area contributed by atoms with Crippen molar-refractivity contribution in [3.05, 3.63) is 0 Å². The predicted molar refractivity (Wildman–Crippen MR) is 73.5 cm³/mol. The molecule has 0 aromatic rings. The van der Waals surface area contributed by atoms with Gasteiger partial charge in [-0.3, -0.25) is 4.79 Å². The van der Waals surface area contributed by atoms with Crippen LogP contribution in [0.3, 0.4) is 0 Å². The molecule has 2 atom stereocenters. The first kappa shape index (κ1) is 15.4. The zero-order valence-electron chi connectivity index (χ0n) is 12.0. The number of rotatable bonds is 8. The fourth-order valence-electron chi connectivity index (χ4n) is 2.34. The lowest BCUT2D eigenvalue weighted by atomic mass is 10.1. The maximum atomic E-state index is 11.6. The van der Waals surface area contributed by atoms with Gasteiger partial charge in [0.15, 0.2) is 0 Å². The third kappa shape index (κ3) is 6.97. The number of hydrogen-bond acceptors (Lipinski definition) is 3. The van der Waals surface area contributed by atoms with E-state index in [1.165, 1.54) is 12.8 Å². The Morgan fingerprint density at radius 1 is 1.44 bits per heavy atom. The summed E-state index contributed by atoms with van der Waals surface area (Å²) in [6.45, 7) is 8.79. The molecule has 4 nitrogen and oxygen atoms in total. The van der Waals surface area contributed by atoms with Crippen LogP contribution in [-0.4, -0.2) is 37.7 Å². The Kier molecular flexibility index (Phi) is 7.28. The number of amides is 1. The van der Waals surface area contributed by atoms with E-state index in [1.54, 1.807) is 0 Å². The largest absolute Gasteiger partial charge is 0.378 e. The summed E-state index contributed by atoms with van der Waals surface area (Å²) in [5, 5.41) is 6.32. The lowest BCUT2D eigenvalue weighted by Crippen LogP contribution is -2.37. The highest BCUT2D eigenvalue weighted by Gasteiger charge is 2.14. The normalized spacial score (nSPS) is 21.2. The zero-order valence-corrected chi connectivity index (χ0v) is 12.0. The molecule has 2 unspecified atom stereocenters. The van der Waals surface area contributed by atoms with Crippen LogP contribution in [0.25, 0.3) is 0 Å². The third-order valence-electron chi connectivity index (χ3n) is 3.24. The van der Waals surface area contributed by atoms with Gasteiger partial charge in [0.05, 0.1) is 12.7 Å². The summed E-state index contributed by atoms with van der Waals surface area (Å²) in [6, 6.07) is 0.467. The van der Waals surface area contributed by atoms with Crippen molar-refractivity contribution >= 4 is 5.91 Å². The van der Waals surface area contributed by atoms with Gasteiger partial charge in [-0.15, -0.1) is 0 Å². The second-order valence-electron chi connectivity index (χ2n) is 5.66. The highest BCUT2D eigenvalue weighted by molar-refractivity contribution is 5.75. The molecule has 0 spiro atoms. The molecule has 0 aromatic heterocycles. The minimum absolute atomic E-state index is 0.0976. The molecule has 1 fully saturated rings. The van der Waals surface area contributed by atoms with Crippen LogP contribution in [0.5, 0.6) is 0 Å².